The zero-order valence-electron chi connectivity index (χ0n) is 15.2. The molecule has 3 amide bonds. The summed E-state index contributed by atoms with van der Waals surface area (Å²) in [7, 11) is 0. The van der Waals surface area contributed by atoms with Gasteiger partial charge in [0.1, 0.15) is 0 Å². The molecule has 4 rings (SSSR count). The Hall–Kier alpha value is -2.62. The molecule has 4 nitrogen and oxygen atoms in total. The molecular formula is C22H24N2O2. The van der Waals surface area contributed by atoms with Crippen LogP contribution in [0.25, 0.3) is 0 Å². The molecule has 134 valence electrons. The zero-order valence-corrected chi connectivity index (χ0v) is 15.2. The van der Waals surface area contributed by atoms with Crippen molar-refractivity contribution in [1.82, 2.24) is 5.32 Å². The lowest BCUT2D eigenvalue weighted by Gasteiger charge is -2.16. The van der Waals surface area contributed by atoms with Gasteiger partial charge >= 0.3 is 6.03 Å². The van der Waals surface area contributed by atoms with Crippen LogP contribution >= 0.6 is 0 Å². The van der Waals surface area contributed by atoms with Crippen molar-refractivity contribution in [2.24, 2.45) is 0 Å². The maximum absolute atomic E-state index is 12.4. The summed E-state index contributed by atoms with van der Waals surface area (Å²) in [6.07, 6.45) is 6.68. The predicted octanol–water partition coefficient (Wildman–Crippen LogP) is 3.86. The first-order chi connectivity index (χ1) is 12.6. The number of rotatable bonds is 3. The van der Waals surface area contributed by atoms with Crippen LogP contribution in [0.3, 0.4) is 0 Å². The fourth-order valence-electron chi connectivity index (χ4n) is 4.29. The lowest BCUT2D eigenvalue weighted by atomic mass is 9.99. The maximum atomic E-state index is 12.4. The van der Waals surface area contributed by atoms with E-state index in [1.54, 1.807) is 0 Å². The molecule has 0 aromatic heterocycles. The van der Waals surface area contributed by atoms with Gasteiger partial charge in [-0.2, -0.15) is 0 Å². The summed E-state index contributed by atoms with van der Waals surface area (Å²) in [6.45, 7) is 1.99. The summed E-state index contributed by atoms with van der Waals surface area (Å²) >= 11 is 0. The third kappa shape index (κ3) is 3.36. The minimum absolute atomic E-state index is 0.208. The van der Waals surface area contributed by atoms with Crippen molar-refractivity contribution in [3.05, 3.63) is 63.7 Å². The van der Waals surface area contributed by atoms with Gasteiger partial charge in [-0.05, 0) is 73.3 Å². The van der Waals surface area contributed by atoms with Gasteiger partial charge in [-0.1, -0.05) is 35.9 Å². The van der Waals surface area contributed by atoms with Gasteiger partial charge in [0.25, 0.3) is 0 Å². The third-order valence-corrected chi connectivity index (χ3v) is 5.41. The molecule has 0 bridgehead atoms. The monoisotopic (exact) mass is 348 g/mol. The number of amides is 3. The lowest BCUT2D eigenvalue weighted by molar-refractivity contribution is -0.119. The number of benzene rings is 2. The summed E-state index contributed by atoms with van der Waals surface area (Å²) in [4.78, 5) is 24.7. The van der Waals surface area contributed by atoms with E-state index in [4.69, 9.17) is 0 Å². The van der Waals surface area contributed by atoms with Crippen LogP contribution in [0.15, 0.2) is 30.3 Å². The van der Waals surface area contributed by atoms with Crippen LogP contribution in [-0.4, -0.2) is 11.9 Å². The van der Waals surface area contributed by atoms with Crippen molar-refractivity contribution in [2.45, 2.75) is 51.9 Å². The normalized spacial score (nSPS) is 14.7. The van der Waals surface area contributed by atoms with Gasteiger partial charge in [-0.25, -0.2) is 4.79 Å². The topological polar surface area (TPSA) is 58.2 Å². The standard InChI is InChI=1S/C22H24N2O2/c1-14-5-2-6-15(11-14)12-20(25)23-22(26)24-21-18-9-3-7-16(18)13-17-8-4-10-19(17)21/h2,5-6,11,13H,3-4,7-10,12H2,1H3,(H2,23,24,25,26). The summed E-state index contributed by atoms with van der Waals surface area (Å²) in [6, 6.07) is 9.70. The third-order valence-electron chi connectivity index (χ3n) is 5.41. The van der Waals surface area contributed by atoms with Crippen molar-refractivity contribution in [3.8, 4) is 0 Å². The molecule has 2 N–H and O–H groups in total. The smallest absolute Gasteiger partial charge is 0.307 e. The summed E-state index contributed by atoms with van der Waals surface area (Å²) in [5.74, 6) is -0.280. The summed E-state index contributed by atoms with van der Waals surface area (Å²) < 4.78 is 0. The molecule has 0 aliphatic heterocycles. The predicted molar refractivity (Wildman–Crippen MR) is 103 cm³/mol. The summed E-state index contributed by atoms with van der Waals surface area (Å²) in [5.41, 5.74) is 8.26. The second-order valence-electron chi connectivity index (χ2n) is 7.40. The van der Waals surface area contributed by atoms with E-state index in [-0.39, 0.29) is 12.3 Å². The van der Waals surface area contributed by atoms with E-state index in [0.29, 0.717) is 0 Å². The first-order valence-electron chi connectivity index (χ1n) is 9.43. The number of hydrogen-bond donors (Lipinski definition) is 2. The van der Waals surface area contributed by atoms with Crippen LogP contribution < -0.4 is 10.6 Å². The number of anilines is 1. The Morgan fingerprint density at radius 1 is 0.962 bits per heavy atom. The second kappa shape index (κ2) is 6.94. The van der Waals surface area contributed by atoms with Gasteiger partial charge in [0.05, 0.1) is 6.42 Å². The largest absolute Gasteiger partial charge is 0.325 e. The van der Waals surface area contributed by atoms with E-state index in [9.17, 15) is 9.59 Å². The van der Waals surface area contributed by atoms with E-state index >= 15 is 0 Å². The molecule has 2 aliphatic rings. The Morgan fingerprint density at radius 3 is 2.31 bits per heavy atom. The Bertz CT molecular complexity index is 854. The molecule has 0 fully saturated rings. The quantitative estimate of drug-likeness (QED) is 0.885. The average Bonchev–Trinajstić information content (AvgIpc) is 3.23. The second-order valence-corrected chi connectivity index (χ2v) is 7.40. The van der Waals surface area contributed by atoms with Crippen molar-refractivity contribution >= 4 is 17.6 Å². The molecule has 26 heavy (non-hydrogen) atoms. The molecule has 4 heteroatoms. The number of imide groups is 1. The molecule has 2 aromatic rings. The van der Waals surface area contributed by atoms with E-state index in [0.717, 1.165) is 55.3 Å². The van der Waals surface area contributed by atoms with E-state index < -0.39 is 6.03 Å². The Morgan fingerprint density at radius 2 is 1.65 bits per heavy atom. The number of nitrogens with one attached hydrogen (secondary N) is 2. The average molecular weight is 348 g/mol. The molecule has 0 unspecified atom stereocenters. The minimum atomic E-state index is -0.419. The highest BCUT2D eigenvalue weighted by molar-refractivity contribution is 6.02. The van der Waals surface area contributed by atoms with E-state index in [2.05, 4.69) is 16.7 Å². The molecule has 2 aliphatic carbocycles. The molecular weight excluding hydrogens is 324 g/mol. The Labute approximate surface area is 154 Å². The molecule has 0 atom stereocenters. The van der Waals surface area contributed by atoms with Crippen LogP contribution in [-0.2, 0) is 36.9 Å². The Balaban J connectivity index is 1.46. The zero-order chi connectivity index (χ0) is 18.1. The SMILES string of the molecule is Cc1cccc(CC(=O)NC(=O)Nc2c3c(cc4c2CCC4)CCC3)c1. The first-order valence-corrected chi connectivity index (χ1v) is 9.43. The minimum Gasteiger partial charge on any atom is -0.307 e. The number of carbonyl (C=O) groups excluding carboxylic acids is 2. The molecule has 0 spiro atoms. The van der Waals surface area contributed by atoms with Gasteiger partial charge in [0, 0.05) is 5.69 Å². The van der Waals surface area contributed by atoms with Gasteiger partial charge in [-0.15, -0.1) is 0 Å². The molecule has 0 radical (unpaired) electrons. The van der Waals surface area contributed by atoms with Crippen LogP contribution in [0, 0.1) is 6.92 Å². The number of aryl methyl sites for hydroxylation is 3. The van der Waals surface area contributed by atoms with E-state index in [1.165, 1.54) is 22.3 Å². The van der Waals surface area contributed by atoms with Gasteiger partial charge in [0.15, 0.2) is 0 Å². The number of carbonyl (C=O) groups is 2. The maximum Gasteiger partial charge on any atom is 0.325 e. The van der Waals surface area contributed by atoms with Crippen molar-refractivity contribution in [1.29, 1.82) is 0 Å². The summed E-state index contributed by atoms with van der Waals surface area (Å²) in [5, 5.41) is 5.49. The number of fused-ring (bicyclic) bond motifs is 2. The van der Waals surface area contributed by atoms with Crippen molar-refractivity contribution in [2.75, 3.05) is 5.32 Å². The highest BCUT2D eigenvalue weighted by atomic mass is 16.2. The van der Waals surface area contributed by atoms with Crippen LogP contribution in [0.1, 0.15) is 46.2 Å². The Kier molecular flexibility index (Phi) is 4.49. The number of urea groups is 1. The lowest BCUT2D eigenvalue weighted by Crippen LogP contribution is -2.35. The fourth-order valence-corrected chi connectivity index (χ4v) is 4.29. The molecule has 0 saturated heterocycles. The van der Waals surface area contributed by atoms with Gasteiger partial charge in [-0.3, -0.25) is 10.1 Å². The highest BCUT2D eigenvalue weighted by Crippen LogP contribution is 2.38. The van der Waals surface area contributed by atoms with Gasteiger partial charge in [0.2, 0.25) is 5.91 Å². The first kappa shape index (κ1) is 16.8. The number of hydrogen-bond acceptors (Lipinski definition) is 2. The highest BCUT2D eigenvalue weighted by Gasteiger charge is 2.25. The molecule has 0 saturated carbocycles. The molecule has 2 aromatic carbocycles. The fraction of sp³-hybridized carbons (Fsp3) is 0.364. The van der Waals surface area contributed by atoms with Gasteiger partial charge < -0.3 is 5.32 Å². The van der Waals surface area contributed by atoms with Crippen LogP contribution in [0.4, 0.5) is 10.5 Å². The molecule has 0 heterocycles. The van der Waals surface area contributed by atoms with Crippen LogP contribution in [0.5, 0.6) is 0 Å². The van der Waals surface area contributed by atoms with E-state index in [1.807, 2.05) is 31.2 Å². The van der Waals surface area contributed by atoms with Crippen LogP contribution in [0.2, 0.25) is 0 Å². The van der Waals surface area contributed by atoms with Crippen molar-refractivity contribution < 1.29 is 9.59 Å². The van der Waals surface area contributed by atoms with Crippen molar-refractivity contribution in [3.63, 3.8) is 0 Å².